The molecule has 0 atom stereocenters. The maximum Gasteiger partial charge on any atom is 0.0125 e. The van der Waals surface area contributed by atoms with E-state index in [4.69, 9.17) is 0 Å². The van der Waals surface area contributed by atoms with Gasteiger partial charge in [-0.3, -0.25) is 4.90 Å². The lowest BCUT2D eigenvalue weighted by Crippen LogP contribution is -2.54. The van der Waals surface area contributed by atoms with Crippen LogP contribution in [0.25, 0.3) is 0 Å². The smallest absolute Gasteiger partial charge is 0.0125 e. The van der Waals surface area contributed by atoms with Crippen LogP contribution in [0.4, 0.5) is 0 Å². The van der Waals surface area contributed by atoms with Gasteiger partial charge in [0.1, 0.15) is 0 Å². The third-order valence-corrected chi connectivity index (χ3v) is 5.03. The third-order valence-electron chi connectivity index (χ3n) is 5.03. The fraction of sp³-hybridized carbons (Fsp3) is 1.00. The van der Waals surface area contributed by atoms with E-state index in [9.17, 15) is 0 Å². The summed E-state index contributed by atoms with van der Waals surface area (Å²) in [4.78, 5) is 2.63. The Hall–Kier alpha value is -0.0800. The van der Waals surface area contributed by atoms with Gasteiger partial charge in [0.05, 0.1) is 0 Å². The molecule has 0 aromatic rings. The van der Waals surface area contributed by atoms with Crippen molar-refractivity contribution < 1.29 is 0 Å². The number of hydrogen-bond acceptors (Lipinski definition) is 2. The van der Waals surface area contributed by atoms with Crippen LogP contribution in [0.5, 0.6) is 0 Å². The van der Waals surface area contributed by atoms with Gasteiger partial charge in [0, 0.05) is 30.7 Å². The molecule has 0 bridgehead atoms. The van der Waals surface area contributed by atoms with Gasteiger partial charge in [-0.15, -0.1) is 0 Å². The van der Waals surface area contributed by atoms with E-state index in [0.29, 0.717) is 5.54 Å². The average Bonchev–Trinajstić information content (AvgIpc) is 2.21. The highest BCUT2D eigenvalue weighted by Gasteiger charge is 2.34. The summed E-state index contributed by atoms with van der Waals surface area (Å²) in [6, 6.07) is 1.60. The predicted molar refractivity (Wildman–Crippen MR) is 78.8 cm³/mol. The fourth-order valence-electron chi connectivity index (χ4n) is 3.39. The molecule has 0 aromatic heterocycles. The molecule has 1 N–H and O–H groups in total. The Morgan fingerprint density at radius 3 is 2.00 bits per heavy atom. The van der Waals surface area contributed by atoms with Crippen LogP contribution < -0.4 is 5.32 Å². The van der Waals surface area contributed by atoms with Gasteiger partial charge in [-0.05, 0) is 58.3 Å². The van der Waals surface area contributed by atoms with Gasteiger partial charge in [-0.25, -0.2) is 0 Å². The summed E-state index contributed by atoms with van der Waals surface area (Å²) in [7, 11) is 0. The highest BCUT2D eigenvalue weighted by atomic mass is 15.2. The monoisotopic (exact) mass is 252 g/mol. The minimum Gasteiger partial charge on any atom is -0.311 e. The SMILES string of the molecule is CC(C)C1CC(NC2CCN(C(C)(C)C)CC2)C1. The molecule has 1 saturated heterocycles. The second kappa shape index (κ2) is 5.50. The Bertz CT molecular complexity index is 253. The zero-order valence-electron chi connectivity index (χ0n) is 13.0. The topological polar surface area (TPSA) is 15.3 Å². The first-order valence-corrected chi connectivity index (χ1v) is 7.87. The molecular weight excluding hydrogens is 220 g/mol. The fourth-order valence-corrected chi connectivity index (χ4v) is 3.39. The van der Waals surface area contributed by atoms with Crippen LogP contribution in [0.3, 0.4) is 0 Å². The molecule has 2 rings (SSSR count). The number of rotatable bonds is 3. The summed E-state index contributed by atoms with van der Waals surface area (Å²) >= 11 is 0. The zero-order chi connectivity index (χ0) is 13.3. The number of likely N-dealkylation sites (tertiary alicyclic amines) is 1. The Labute approximate surface area is 114 Å². The minimum atomic E-state index is 0.351. The summed E-state index contributed by atoms with van der Waals surface area (Å²) in [5.74, 6) is 1.86. The highest BCUT2D eigenvalue weighted by Crippen LogP contribution is 2.34. The lowest BCUT2D eigenvalue weighted by atomic mass is 9.73. The van der Waals surface area contributed by atoms with Gasteiger partial charge in [0.2, 0.25) is 0 Å². The Morgan fingerprint density at radius 1 is 1.00 bits per heavy atom. The van der Waals surface area contributed by atoms with E-state index in [-0.39, 0.29) is 0 Å². The van der Waals surface area contributed by atoms with Gasteiger partial charge in [-0.1, -0.05) is 13.8 Å². The van der Waals surface area contributed by atoms with Crippen molar-refractivity contribution in [2.45, 2.75) is 77.9 Å². The summed E-state index contributed by atoms with van der Waals surface area (Å²) in [6.45, 7) is 14.3. The van der Waals surface area contributed by atoms with Crippen molar-refractivity contribution in [2.24, 2.45) is 11.8 Å². The van der Waals surface area contributed by atoms with Crippen LogP contribution in [0.2, 0.25) is 0 Å². The molecule has 0 radical (unpaired) electrons. The van der Waals surface area contributed by atoms with Crippen LogP contribution in [-0.4, -0.2) is 35.6 Å². The molecule has 0 amide bonds. The van der Waals surface area contributed by atoms with E-state index < -0.39 is 0 Å². The summed E-state index contributed by atoms with van der Waals surface area (Å²) in [6.07, 6.45) is 5.49. The molecule has 18 heavy (non-hydrogen) atoms. The summed E-state index contributed by atoms with van der Waals surface area (Å²) in [5, 5.41) is 3.89. The molecule has 0 spiro atoms. The van der Waals surface area contributed by atoms with E-state index in [2.05, 4.69) is 44.8 Å². The van der Waals surface area contributed by atoms with E-state index in [0.717, 1.165) is 23.9 Å². The lowest BCUT2D eigenvalue weighted by Gasteiger charge is -2.45. The number of nitrogens with zero attached hydrogens (tertiary/aromatic N) is 1. The number of nitrogens with one attached hydrogen (secondary N) is 1. The van der Waals surface area contributed by atoms with E-state index in [1.54, 1.807) is 0 Å². The molecule has 2 nitrogen and oxygen atoms in total. The predicted octanol–water partition coefficient (Wildman–Crippen LogP) is 3.27. The molecule has 106 valence electrons. The molecule has 0 aromatic carbocycles. The molecule has 1 aliphatic carbocycles. The molecule has 1 saturated carbocycles. The molecule has 2 heteroatoms. The maximum absolute atomic E-state index is 3.89. The molecule has 1 heterocycles. The van der Waals surface area contributed by atoms with Gasteiger partial charge in [-0.2, -0.15) is 0 Å². The standard InChI is InChI=1S/C16H32N2/c1-12(2)13-10-15(11-13)17-14-6-8-18(9-7-14)16(3,4)5/h12-15,17H,6-11H2,1-5H3. The first kappa shape index (κ1) is 14.3. The zero-order valence-corrected chi connectivity index (χ0v) is 13.0. The first-order valence-electron chi connectivity index (χ1n) is 7.87. The quantitative estimate of drug-likeness (QED) is 0.829. The molecule has 2 fully saturated rings. The lowest BCUT2D eigenvalue weighted by molar-refractivity contribution is 0.0811. The molecule has 1 aliphatic heterocycles. The first-order chi connectivity index (χ1) is 8.36. The van der Waals surface area contributed by atoms with Crippen molar-refractivity contribution in [3.05, 3.63) is 0 Å². The van der Waals surface area contributed by atoms with Crippen LogP contribution in [0.1, 0.15) is 60.3 Å². The number of hydrogen-bond donors (Lipinski definition) is 1. The highest BCUT2D eigenvalue weighted by molar-refractivity contribution is 4.91. The van der Waals surface area contributed by atoms with Gasteiger partial charge < -0.3 is 5.32 Å². The van der Waals surface area contributed by atoms with Crippen molar-refractivity contribution >= 4 is 0 Å². The van der Waals surface area contributed by atoms with Gasteiger partial charge >= 0.3 is 0 Å². The van der Waals surface area contributed by atoms with Crippen LogP contribution in [0, 0.1) is 11.8 Å². The van der Waals surface area contributed by atoms with Crippen LogP contribution in [-0.2, 0) is 0 Å². The van der Waals surface area contributed by atoms with Crippen LogP contribution in [0.15, 0.2) is 0 Å². The van der Waals surface area contributed by atoms with Crippen molar-refractivity contribution in [2.75, 3.05) is 13.1 Å². The largest absolute Gasteiger partial charge is 0.311 e. The van der Waals surface area contributed by atoms with Gasteiger partial charge in [0.15, 0.2) is 0 Å². The van der Waals surface area contributed by atoms with Crippen molar-refractivity contribution in [3.63, 3.8) is 0 Å². The van der Waals surface area contributed by atoms with E-state index >= 15 is 0 Å². The van der Waals surface area contributed by atoms with E-state index in [1.807, 2.05) is 0 Å². The molecular formula is C16H32N2. The Morgan fingerprint density at radius 2 is 1.56 bits per heavy atom. The average molecular weight is 252 g/mol. The maximum atomic E-state index is 3.89. The minimum absolute atomic E-state index is 0.351. The Balaban J connectivity index is 1.66. The summed E-state index contributed by atoms with van der Waals surface area (Å²) < 4.78 is 0. The second-order valence-electron chi connectivity index (χ2n) is 7.77. The van der Waals surface area contributed by atoms with Gasteiger partial charge in [0.25, 0.3) is 0 Å². The molecule has 2 aliphatic rings. The Kier molecular flexibility index (Phi) is 4.38. The second-order valence-corrected chi connectivity index (χ2v) is 7.77. The van der Waals surface area contributed by atoms with E-state index in [1.165, 1.54) is 38.8 Å². The molecule has 0 unspecified atom stereocenters. The third kappa shape index (κ3) is 3.48. The number of piperidine rings is 1. The van der Waals surface area contributed by atoms with Crippen molar-refractivity contribution in [3.8, 4) is 0 Å². The normalized spacial score (nSPS) is 31.7. The van der Waals surface area contributed by atoms with Crippen LogP contribution >= 0.6 is 0 Å². The summed E-state index contributed by atoms with van der Waals surface area (Å²) in [5.41, 5.74) is 0.351. The van der Waals surface area contributed by atoms with Crippen molar-refractivity contribution in [1.82, 2.24) is 10.2 Å². The van der Waals surface area contributed by atoms with Crippen molar-refractivity contribution in [1.29, 1.82) is 0 Å².